The maximum Gasteiger partial charge on any atom is 0.336 e. The van der Waals surface area contributed by atoms with Crippen LogP contribution >= 0.6 is 22.9 Å². The Morgan fingerprint density at radius 2 is 2.03 bits per heavy atom. The molecule has 0 N–H and O–H groups in total. The van der Waals surface area contributed by atoms with Crippen LogP contribution in [0.15, 0.2) is 52.3 Å². The number of benzene rings is 1. The summed E-state index contributed by atoms with van der Waals surface area (Å²) in [6.07, 6.45) is 1.91. The van der Waals surface area contributed by atoms with E-state index in [2.05, 4.69) is 0 Å². The number of carbonyl (C=O) groups excluding carboxylic acids is 1. The molecular formula is C22H22ClNO4S2. The standard InChI is InChI=1S/C22H22ClNO4S2/c1-2-28-22(25)19-18(14-8-3-4-9-15(14)23)21-16(10-5-6-13-30(21,26)27)24-20(19)17-11-7-12-29-17/h3-4,7-9,11-12,18,21H,2,5-6,10,13H2,1H3. The fourth-order valence-electron chi connectivity index (χ4n) is 4.19. The number of halogens is 1. The Bertz CT molecular complexity index is 1120. The predicted molar refractivity (Wildman–Crippen MR) is 121 cm³/mol. The summed E-state index contributed by atoms with van der Waals surface area (Å²) in [6, 6.07) is 10.9. The van der Waals surface area contributed by atoms with Crippen molar-refractivity contribution >= 4 is 50.2 Å². The van der Waals surface area contributed by atoms with Crippen LogP contribution in [0.3, 0.4) is 0 Å². The van der Waals surface area contributed by atoms with Gasteiger partial charge in [-0.25, -0.2) is 13.2 Å². The van der Waals surface area contributed by atoms with Crippen molar-refractivity contribution in [3.63, 3.8) is 0 Å². The number of rotatable bonds is 4. The van der Waals surface area contributed by atoms with Crippen molar-refractivity contribution in [2.75, 3.05) is 12.4 Å². The number of hydrogen-bond donors (Lipinski definition) is 0. The third-order valence-electron chi connectivity index (χ3n) is 5.44. The molecule has 1 aromatic carbocycles. The normalized spacial score (nSPS) is 23.3. The Balaban J connectivity index is 2.05. The fourth-order valence-corrected chi connectivity index (χ4v) is 7.31. The molecule has 30 heavy (non-hydrogen) atoms. The number of aliphatic imine (C=N–C) groups is 1. The number of carbonyl (C=O) groups is 1. The van der Waals surface area contributed by atoms with Crippen molar-refractivity contribution in [3.05, 3.63) is 62.8 Å². The van der Waals surface area contributed by atoms with Gasteiger partial charge in [0, 0.05) is 16.7 Å². The highest BCUT2D eigenvalue weighted by Gasteiger charge is 2.47. The van der Waals surface area contributed by atoms with Gasteiger partial charge < -0.3 is 4.74 Å². The summed E-state index contributed by atoms with van der Waals surface area (Å²) < 4.78 is 32.1. The van der Waals surface area contributed by atoms with E-state index in [1.807, 2.05) is 23.6 Å². The largest absolute Gasteiger partial charge is 0.463 e. The molecule has 0 radical (unpaired) electrons. The van der Waals surface area contributed by atoms with Crippen molar-refractivity contribution in [2.24, 2.45) is 4.99 Å². The van der Waals surface area contributed by atoms with Crippen molar-refractivity contribution < 1.29 is 17.9 Å². The molecule has 1 fully saturated rings. The number of esters is 1. The number of nitrogens with zero attached hydrogens (tertiary/aromatic N) is 1. The number of fused-ring (bicyclic) bond motifs is 1. The van der Waals surface area contributed by atoms with Crippen LogP contribution in [-0.4, -0.2) is 37.7 Å². The zero-order valence-corrected chi connectivity index (χ0v) is 18.9. The molecule has 0 amide bonds. The van der Waals surface area contributed by atoms with Crippen LogP contribution in [0.25, 0.3) is 5.70 Å². The molecule has 3 heterocycles. The molecule has 0 aliphatic carbocycles. The highest BCUT2D eigenvalue weighted by atomic mass is 35.5. The molecule has 0 bridgehead atoms. The monoisotopic (exact) mass is 463 g/mol. The lowest BCUT2D eigenvalue weighted by atomic mass is 9.81. The first-order valence-electron chi connectivity index (χ1n) is 9.92. The quantitative estimate of drug-likeness (QED) is 0.605. The topological polar surface area (TPSA) is 72.8 Å². The Hall–Kier alpha value is -1.96. The van der Waals surface area contributed by atoms with E-state index in [0.717, 1.165) is 11.3 Å². The van der Waals surface area contributed by atoms with Gasteiger partial charge >= 0.3 is 5.97 Å². The third-order valence-corrected chi connectivity index (χ3v) is 8.84. The van der Waals surface area contributed by atoms with Gasteiger partial charge in [0.2, 0.25) is 0 Å². The minimum absolute atomic E-state index is 0.0715. The average Bonchev–Trinajstić information content (AvgIpc) is 3.20. The lowest BCUT2D eigenvalue weighted by Gasteiger charge is -2.33. The SMILES string of the molecule is CCOC(=O)C1=C(c2cccs2)N=C2CCCCS(=O)(=O)C2C1c1ccccc1Cl. The van der Waals surface area contributed by atoms with Crippen LogP contribution in [0.4, 0.5) is 0 Å². The lowest BCUT2D eigenvalue weighted by molar-refractivity contribution is -0.138. The Labute approximate surface area is 185 Å². The molecule has 0 spiro atoms. The first-order chi connectivity index (χ1) is 14.4. The van der Waals surface area contributed by atoms with Crippen LogP contribution in [0.5, 0.6) is 0 Å². The molecule has 2 aliphatic heterocycles. The first kappa shape index (κ1) is 21.3. The van der Waals surface area contributed by atoms with Gasteiger partial charge in [-0.3, -0.25) is 4.99 Å². The maximum atomic E-state index is 13.4. The second kappa shape index (κ2) is 8.65. The van der Waals surface area contributed by atoms with Crippen LogP contribution in [0, 0.1) is 0 Å². The maximum absolute atomic E-state index is 13.4. The molecule has 1 saturated heterocycles. The van der Waals surface area contributed by atoms with Crippen molar-refractivity contribution in [1.29, 1.82) is 0 Å². The zero-order chi connectivity index (χ0) is 21.3. The van der Waals surface area contributed by atoms with E-state index in [0.29, 0.717) is 34.8 Å². The van der Waals surface area contributed by atoms with Crippen LogP contribution in [-0.2, 0) is 19.4 Å². The van der Waals surface area contributed by atoms with Gasteiger partial charge in [-0.05, 0) is 49.3 Å². The fraction of sp³-hybridized carbons (Fsp3) is 0.364. The second-order valence-corrected chi connectivity index (χ2v) is 10.9. The minimum Gasteiger partial charge on any atom is -0.463 e. The van der Waals surface area contributed by atoms with Crippen LogP contribution in [0.1, 0.15) is 42.5 Å². The molecule has 2 unspecified atom stereocenters. The van der Waals surface area contributed by atoms with E-state index in [4.69, 9.17) is 21.3 Å². The minimum atomic E-state index is -3.54. The zero-order valence-electron chi connectivity index (χ0n) is 16.5. The smallest absolute Gasteiger partial charge is 0.336 e. The van der Waals surface area contributed by atoms with Gasteiger partial charge in [0.25, 0.3) is 0 Å². The van der Waals surface area contributed by atoms with E-state index >= 15 is 0 Å². The molecular weight excluding hydrogens is 442 g/mol. The molecule has 2 atom stereocenters. The van der Waals surface area contributed by atoms with E-state index in [1.54, 1.807) is 25.1 Å². The number of hydrogen-bond acceptors (Lipinski definition) is 6. The van der Waals surface area contributed by atoms with Gasteiger partial charge in [0.15, 0.2) is 9.84 Å². The summed E-state index contributed by atoms with van der Waals surface area (Å²) in [5, 5.41) is 1.42. The van der Waals surface area contributed by atoms with Gasteiger partial charge in [0.05, 0.1) is 28.5 Å². The van der Waals surface area contributed by atoms with Gasteiger partial charge in [-0.2, -0.15) is 0 Å². The lowest BCUT2D eigenvalue weighted by Crippen LogP contribution is -2.41. The summed E-state index contributed by atoms with van der Waals surface area (Å²) in [5.74, 6) is -1.24. The number of sulfone groups is 1. The number of thiophene rings is 1. The molecule has 2 aliphatic rings. The predicted octanol–water partition coefficient (Wildman–Crippen LogP) is 4.88. The molecule has 1 aromatic heterocycles. The van der Waals surface area contributed by atoms with E-state index in [1.165, 1.54) is 11.3 Å². The summed E-state index contributed by atoms with van der Waals surface area (Å²) in [7, 11) is -3.54. The van der Waals surface area contributed by atoms with Gasteiger partial charge in [-0.15, -0.1) is 11.3 Å². The molecule has 4 rings (SSSR count). The second-order valence-electron chi connectivity index (χ2n) is 7.31. The Morgan fingerprint density at radius 3 is 2.73 bits per heavy atom. The van der Waals surface area contributed by atoms with E-state index in [-0.39, 0.29) is 17.9 Å². The molecule has 0 saturated carbocycles. The van der Waals surface area contributed by atoms with E-state index in [9.17, 15) is 13.2 Å². The van der Waals surface area contributed by atoms with Crippen molar-refractivity contribution in [3.8, 4) is 0 Å². The van der Waals surface area contributed by atoms with Crippen molar-refractivity contribution in [1.82, 2.24) is 0 Å². The molecule has 8 heteroatoms. The summed E-state index contributed by atoms with van der Waals surface area (Å²) >= 11 is 7.99. The summed E-state index contributed by atoms with van der Waals surface area (Å²) in [5.41, 5.74) is 1.98. The van der Waals surface area contributed by atoms with Crippen LogP contribution < -0.4 is 0 Å². The third kappa shape index (κ3) is 3.86. The van der Waals surface area contributed by atoms with Gasteiger partial charge in [0.1, 0.15) is 5.25 Å². The highest BCUT2D eigenvalue weighted by molar-refractivity contribution is 7.92. The molecule has 5 nitrogen and oxygen atoms in total. The van der Waals surface area contributed by atoms with Gasteiger partial charge in [-0.1, -0.05) is 35.9 Å². The summed E-state index contributed by atoms with van der Waals surface area (Å²) in [4.78, 5) is 18.8. The van der Waals surface area contributed by atoms with Crippen LogP contribution in [0.2, 0.25) is 5.02 Å². The molecule has 158 valence electrons. The highest BCUT2D eigenvalue weighted by Crippen LogP contribution is 2.46. The summed E-state index contributed by atoms with van der Waals surface area (Å²) in [6.45, 7) is 1.91. The van der Waals surface area contributed by atoms with Crippen molar-refractivity contribution in [2.45, 2.75) is 37.4 Å². The first-order valence-corrected chi connectivity index (χ1v) is 12.9. The number of ether oxygens (including phenoxy) is 1. The Morgan fingerprint density at radius 1 is 1.23 bits per heavy atom. The average molecular weight is 464 g/mol. The molecule has 2 aromatic rings. The Kier molecular flexibility index (Phi) is 6.14. The van der Waals surface area contributed by atoms with E-state index < -0.39 is 27.0 Å².